The Morgan fingerprint density at radius 3 is 2.87 bits per heavy atom. The van der Waals surface area contributed by atoms with Gasteiger partial charge in [-0.05, 0) is 66.3 Å². The van der Waals surface area contributed by atoms with Gasteiger partial charge in [0, 0.05) is 55.8 Å². The molecule has 5 nitrogen and oxygen atoms in total. The molecule has 1 fully saturated rings. The van der Waals surface area contributed by atoms with E-state index >= 15 is 0 Å². The van der Waals surface area contributed by atoms with Gasteiger partial charge < -0.3 is 9.88 Å². The van der Waals surface area contributed by atoms with E-state index in [0.717, 1.165) is 56.3 Å². The zero-order valence-electron chi connectivity index (χ0n) is 17.9. The second kappa shape index (κ2) is 8.95. The monoisotopic (exact) mass is 433 g/mol. The second-order valence-electron chi connectivity index (χ2n) is 8.40. The smallest absolute Gasteiger partial charge is 0.0948 e. The first-order valence-electron chi connectivity index (χ1n) is 11.1. The molecule has 1 unspecified atom stereocenters. The lowest BCUT2D eigenvalue weighted by atomic mass is 9.92. The van der Waals surface area contributed by atoms with Crippen molar-refractivity contribution >= 4 is 23.3 Å². The van der Waals surface area contributed by atoms with Crippen molar-refractivity contribution < 1.29 is 0 Å². The minimum atomic E-state index is 0.148. The highest BCUT2D eigenvalue weighted by Crippen LogP contribution is 2.41. The number of allylic oxidation sites excluding steroid dienone is 1. The van der Waals surface area contributed by atoms with Gasteiger partial charge in [0.25, 0.3) is 0 Å². The number of aryl methyl sites for hydroxylation is 2. The van der Waals surface area contributed by atoms with Gasteiger partial charge in [0.15, 0.2) is 0 Å². The minimum Gasteiger partial charge on any atom is -0.335 e. The third-order valence-electron chi connectivity index (χ3n) is 6.40. The molecule has 1 saturated heterocycles. The summed E-state index contributed by atoms with van der Waals surface area (Å²) in [5, 5.41) is 4.26. The molecule has 1 aromatic carbocycles. The highest BCUT2D eigenvalue weighted by Gasteiger charge is 2.31. The van der Waals surface area contributed by atoms with Crippen LogP contribution in [-0.2, 0) is 6.54 Å². The van der Waals surface area contributed by atoms with Gasteiger partial charge in [0.05, 0.1) is 18.1 Å². The van der Waals surface area contributed by atoms with E-state index in [-0.39, 0.29) is 6.04 Å². The first kappa shape index (κ1) is 20.4. The average Bonchev–Trinajstić information content (AvgIpc) is 3.14. The summed E-state index contributed by atoms with van der Waals surface area (Å²) in [5.41, 5.74) is 7.47. The van der Waals surface area contributed by atoms with Gasteiger partial charge >= 0.3 is 0 Å². The third kappa shape index (κ3) is 4.18. The lowest BCUT2D eigenvalue weighted by Crippen LogP contribution is -2.45. The van der Waals surface area contributed by atoms with Crippen LogP contribution < -0.4 is 5.32 Å². The quantitative estimate of drug-likeness (QED) is 0.640. The topological polar surface area (TPSA) is 46.0 Å². The molecule has 1 aliphatic heterocycles. The Labute approximate surface area is 188 Å². The van der Waals surface area contributed by atoms with Crippen molar-refractivity contribution in [2.45, 2.75) is 32.4 Å². The molecule has 0 radical (unpaired) electrons. The number of fused-ring (bicyclic) bond motifs is 2. The Kier molecular flexibility index (Phi) is 5.90. The van der Waals surface area contributed by atoms with Gasteiger partial charge in [-0.3, -0.25) is 9.88 Å². The zero-order chi connectivity index (χ0) is 21.2. The van der Waals surface area contributed by atoms with E-state index in [1.165, 1.54) is 28.0 Å². The van der Waals surface area contributed by atoms with Crippen molar-refractivity contribution in [2.24, 2.45) is 0 Å². The number of nitrogens with one attached hydrogen (secondary N) is 1. The van der Waals surface area contributed by atoms with Crippen molar-refractivity contribution in [1.82, 2.24) is 24.8 Å². The van der Waals surface area contributed by atoms with Gasteiger partial charge in [-0.2, -0.15) is 0 Å². The van der Waals surface area contributed by atoms with Crippen LogP contribution in [0.25, 0.3) is 11.6 Å². The van der Waals surface area contributed by atoms with E-state index in [9.17, 15) is 0 Å². The number of hydrogen-bond donors (Lipinski definition) is 1. The summed E-state index contributed by atoms with van der Waals surface area (Å²) in [6.45, 7) is 7.10. The molecule has 2 aromatic heterocycles. The maximum Gasteiger partial charge on any atom is 0.0948 e. The molecule has 1 N–H and O–H groups in total. The second-order valence-corrected chi connectivity index (χ2v) is 8.84. The van der Waals surface area contributed by atoms with Gasteiger partial charge in [0.1, 0.15) is 0 Å². The highest BCUT2D eigenvalue weighted by molar-refractivity contribution is 6.30. The summed E-state index contributed by atoms with van der Waals surface area (Å²) in [5.74, 6) is 0. The molecule has 3 heterocycles. The largest absolute Gasteiger partial charge is 0.335 e. The fourth-order valence-corrected chi connectivity index (χ4v) is 4.99. The minimum absolute atomic E-state index is 0.148. The molecular weight excluding hydrogens is 406 g/mol. The Hall–Kier alpha value is -2.47. The summed E-state index contributed by atoms with van der Waals surface area (Å²) in [6.07, 6.45) is 10.1. The Morgan fingerprint density at radius 2 is 2.06 bits per heavy atom. The number of hydrogen-bond acceptors (Lipinski definition) is 4. The molecule has 0 spiro atoms. The molecular formula is C25H28ClN5. The van der Waals surface area contributed by atoms with Crippen LogP contribution >= 0.6 is 11.6 Å². The van der Waals surface area contributed by atoms with Gasteiger partial charge in [0.2, 0.25) is 0 Å². The number of benzene rings is 1. The molecule has 31 heavy (non-hydrogen) atoms. The van der Waals surface area contributed by atoms with Crippen LogP contribution in [-0.4, -0.2) is 45.6 Å². The van der Waals surface area contributed by atoms with Crippen molar-refractivity contribution in [1.29, 1.82) is 0 Å². The lowest BCUT2D eigenvalue weighted by Gasteiger charge is -2.35. The van der Waals surface area contributed by atoms with Crippen molar-refractivity contribution in [3.63, 3.8) is 0 Å². The Balaban J connectivity index is 1.54. The van der Waals surface area contributed by atoms with Crippen LogP contribution in [0.4, 0.5) is 0 Å². The summed E-state index contributed by atoms with van der Waals surface area (Å²) in [4.78, 5) is 11.7. The number of rotatable bonds is 5. The van der Waals surface area contributed by atoms with Crippen LogP contribution in [0.3, 0.4) is 0 Å². The molecule has 160 valence electrons. The number of pyridine rings is 1. The lowest BCUT2D eigenvalue weighted by molar-refractivity contribution is 0.195. The molecule has 6 heteroatoms. The molecule has 2 aliphatic rings. The molecule has 1 aliphatic carbocycles. The fraction of sp³-hybridized carbons (Fsp3) is 0.360. The van der Waals surface area contributed by atoms with E-state index in [2.05, 4.69) is 51.0 Å². The number of aromatic nitrogens is 3. The van der Waals surface area contributed by atoms with E-state index in [0.29, 0.717) is 0 Å². The maximum atomic E-state index is 6.50. The van der Waals surface area contributed by atoms with Crippen molar-refractivity contribution in [3.8, 4) is 0 Å². The van der Waals surface area contributed by atoms with Gasteiger partial charge in [-0.1, -0.05) is 23.7 Å². The number of halogens is 1. The highest BCUT2D eigenvalue weighted by atomic mass is 35.5. The summed E-state index contributed by atoms with van der Waals surface area (Å²) in [6, 6.07) is 10.8. The van der Waals surface area contributed by atoms with Crippen LogP contribution in [0.15, 0.2) is 49.1 Å². The molecule has 0 saturated carbocycles. The van der Waals surface area contributed by atoms with Crippen LogP contribution in [0.2, 0.25) is 5.02 Å². The Morgan fingerprint density at radius 1 is 1.19 bits per heavy atom. The summed E-state index contributed by atoms with van der Waals surface area (Å²) >= 11 is 6.50. The third-order valence-corrected chi connectivity index (χ3v) is 6.63. The SMILES string of the molecule is Cc1cncn1CCCC1=Cc2cccnc2C(N2CCNCC2)c2ccc(Cl)cc21. The maximum absolute atomic E-state index is 6.50. The van der Waals surface area contributed by atoms with Crippen molar-refractivity contribution in [3.05, 3.63) is 82.2 Å². The molecule has 1 atom stereocenters. The van der Waals surface area contributed by atoms with E-state index in [1.54, 1.807) is 0 Å². The molecule has 0 amide bonds. The van der Waals surface area contributed by atoms with Crippen LogP contribution in [0, 0.1) is 6.92 Å². The zero-order valence-corrected chi connectivity index (χ0v) is 18.6. The van der Waals surface area contributed by atoms with Crippen LogP contribution in [0.5, 0.6) is 0 Å². The van der Waals surface area contributed by atoms with E-state index in [4.69, 9.17) is 16.6 Å². The molecule has 0 bridgehead atoms. The average molecular weight is 434 g/mol. The van der Waals surface area contributed by atoms with Crippen molar-refractivity contribution in [2.75, 3.05) is 26.2 Å². The predicted octanol–water partition coefficient (Wildman–Crippen LogP) is 4.57. The summed E-state index contributed by atoms with van der Waals surface area (Å²) < 4.78 is 2.22. The van der Waals surface area contributed by atoms with Crippen LogP contribution in [0.1, 0.15) is 47.0 Å². The van der Waals surface area contributed by atoms with E-state index in [1.807, 2.05) is 30.9 Å². The van der Waals surface area contributed by atoms with Gasteiger partial charge in [-0.25, -0.2) is 4.98 Å². The standard InChI is InChI=1S/C25H28ClN5/c1-18-16-28-17-31(18)11-3-5-19-14-20-4-2-8-29-24(20)25(30-12-9-27-10-13-30)22-7-6-21(26)15-23(19)22/h2,4,6-8,14-17,25,27H,3,5,9-13H2,1H3. The number of piperazine rings is 1. The Bertz CT molecular complexity index is 1100. The summed E-state index contributed by atoms with van der Waals surface area (Å²) in [7, 11) is 0. The number of imidazole rings is 1. The van der Waals surface area contributed by atoms with E-state index < -0.39 is 0 Å². The number of nitrogens with zero attached hydrogens (tertiary/aromatic N) is 4. The van der Waals surface area contributed by atoms with Gasteiger partial charge in [-0.15, -0.1) is 0 Å². The molecule has 5 rings (SSSR count). The normalized spacial score (nSPS) is 18.8. The predicted molar refractivity (Wildman–Crippen MR) is 126 cm³/mol. The first-order chi connectivity index (χ1) is 15.2. The molecule has 3 aromatic rings. The first-order valence-corrected chi connectivity index (χ1v) is 11.5. The fourth-order valence-electron chi connectivity index (χ4n) is 4.82.